The lowest BCUT2D eigenvalue weighted by Gasteiger charge is -2.29. The highest BCUT2D eigenvalue weighted by atomic mass is 32.3. The molecule has 2 saturated heterocycles. The van der Waals surface area contributed by atoms with Crippen LogP contribution in [0.2, 0.25) is 0 Å². The molecule has 200 valence electrons. The molecule has 36 heavy (non-hydrogen) atoms. The molecule has 2 aliphatic rings. The maximum absolute atomic E-state index is 12.3. The third-order valence-electron chi connectivity index (χ3n) is 4.71. The predicted molar refractivity (Wildman–Crippen MR) is 123 cm³/mol. The number of amides is 5. The van der Waals surface area contributed by atoms with Gasteiger partial charge in [0.15, 0.2) is 0 Å². The molecule has 0 radical (unpaired) electrons. The number of nitrogens with one attached hydrogen (secondary N) is 3. The number of hydrogen-bond donors (Lipinski definition) is 4. The average molecular weight is 531 g/mol. The van der Waals surface area contributed by atoms with Gasteiger partial charge < -0.3 is 15.0 Å². The number of hydroxylamine groups is 2. The van der Waals surface area contributed by atoms with E-state index in [-0.39, 0.29) is 32.4 Å². The maximum atomic E-state index is 12.3. The van der Waals surface area contributed by atoms with Crippen molar-refractivity contribution in [1.29, 1.82) is 0 Å². The molecule has 4 N–H and O–H groups in total. The van der Waals surface area contributed by atoms with Gasteiger partial charge in [0.25, 0.3) is 5.91 Å². The highest BCUT2D eigenvalue weighted by Gasteiger charge is 2.49. The van der Waals surface area contributed by atoms with Crippen LogP contribution in [0, 0.1) is 0 Å². The second-order valence-corrected chi connectivity index (χ2v) is 9.76. The fraction of sp³-hybridized carbons (Fsp3) is 0.550. The van der Waals surface area contributed by atoms with Crippen LogP contribution < -0.4 is 16.2 Å². The Balaban J connectivity index is 0.000000662. The molecule has 16 heteroatoms. The zero-order chi connectivity index (χ0) is 26.9. The van der Waals surface area contributed by atoms with Crippen LogP contribution in [0.1, 0.15) is 40.0 Å². The van der Waals surface area contributed by atoms with Crippen molar-refractivity contribution in [2.24, 2.45) is 0 Å². The number of piperidine rings is 1. The van der Waals surface area contributed by atoms with Gasteiger partial charge in [-0.15, -0.1) is 4.28 Å². The van der Waals surface area contributed by atoms with Gasteiger partial charge in [-0.05, 0) is 45.7 Å². The number of ether oxygens (including phenoxy) is 1. The van der Waals surface area contributed by atoms with Gasteiger partial charge >= 0.3 is 22.5 Å². The smallest absolute Gasteiger partial charge is 0.418 e. The molecule has 1 aromatic heterocycles. The first-order valence-electron chi connectivity index (χ1n) is 10.9. The minimum absolute atomic E-state index is 0.0196. The second-order valence-electron chi connectivity index (χ2n) is 8.75. The number of carbonyl (C=O) groups excluding carboxylic acids is 4. The Bertz CT molecular complexity index is 1010. The summed E-state index contributed by atoms with van der Waals surface area (Å²) in [5, 5.41) is 2.91. The fourth-order valence-corrected chi connectivity index (χ4v) is 3.67. The van der Waals surface area contributed by atoms with E-state index in [1.165, 1.54) is 0 Å². The molecule has 0 spiro atoms. The molecule has 3 heterocycles. The molecular formula is C20H30N6O9S. The van der Waals surface area contributed by atoms with Gasteiger partial charge in [-0.2, -0.15) is 13.5 Å². The van der Waals surface area contributed by atoms with Gasteiger partial charge in [-0.25, -0.2) is 9.59 Å². The summed E-state index contributed by atoms with van der Waals surface area (Å²) in [4.78, 5) is 52.8. The van der Waals surface area contributed by atoms with Crippen molar-refractivity contribution in [2.75, 3.05) is 13.1 Å². The number of nitrogens with zero attached hydrogens (tertiary/aromatic N) is 3. The topological polar surface area (TPSA) is 197 Å². The van der Waals surface area contributed by atoms with Crippen molar-refractivity contribution in [3.8, 4) is 0 Å². The zero-order valence-electron chi connectivity index (χ0n) is 20.0. The lowest BCUT2D eigenvalue weighted by molar-refractivity contribution is -0.131. The van der Waals surface area contributed by atoms with Crippen molar-refractivity contribution in [3.63, 3.8) is 0 Å². The van der Waals surface area contributed by atoms with Gasteiger partial charge in [-0.1, -0.05) is 6.07 Å². The summed E-state index contributed by atoms with van der Waals surface area (Å²) in [6.07, 6.45) is 3.14. The predicted octanol–water partition coefficient (Wildman–Crippen LogP) is 0.133. The molecule has 0 aliphatic carbocycles. The van der Waals surface area contributed by atoms with Gasteiger partial charge in [-0.3, -0.25) is 30.0 Å². The average Bonchev–Trinajstić information content (AvgIpc) is 3.01. The van der Waals surface area contributed by atoms with E-state index in [4.69, 9.17) is 9.29 Å². The van der Waals surface area contributed by atoms with Crippen molar-refractivity contribution >= 4 is 34.3 Å². The molecule has 15 nitrogen and oxygen atoms in total. The maximum Gasteiger partial charge on any atom is 0.418 e. The molecule has 0 unspecified atom stereocenters. The van der Waals surface area contributed by atoms with Crippen LogP contribution in [-0.2, 0) is 29.0 Å². The van der Waals surface area contributed by atoms with Crippen LogP contribution in [0.3, 0.4) is 0 Å². The van der Waals surface area contributed by atoms with Crippen molar-refractivity contribution in [3.05, 3.63) is 30.6 Å². The number of rotatable bonds is 6. The number of hydrazine groups is 1. The third-order valence-corrected chi connectivity index (χ3v) is 5.06. The Kier molecular flexibility index (Phi) is 9.94. The molecule has 2 atom stereocenters. The summed E-state index contributed by atoms with van der Waals surface area (Å²) in [5.74, 6) is -1.26. The van der Waals surface area contributed by atoms with Crippen LogP contribution >= 0.6 is 0 Å². The first kappa shape index (κ1) is 28.7. The van der Waals surface area contributed by atoms with Crippen molar-refractivity contribution in [1.82, 2.24) is 31.1 Å². The van der Waals surface area contributed by atoms with E-state index < -0.39 is 52.0 Å². The quantitative estimate of drug-likeness (QED) is 0.290. The Morgan fingerprint density at radius 3 is 2.33 bits per heavy atom. The molecule has 2 bridgehead atoms. The molecule has 0 saturated carbocycles. The first-order chi connectivity index (χ1) is 16.8. The number of aromatic nitrogens is 1. The Hall–Kier alpha value is -3.50. The number of urea groups is 1. The molecular weight excluding hydrogens is 500 g/mol. The zero-order valence-corrected chi connectivity index (χ0v) is 20.9. The normalized spacial score (nSPS) is 19.1. The second kappa shape index (κ2) is 12.5. The Labute approximate surface area is 208 Å². The van der Waals surface area contributed by atoms with Crippen molar-refractivity contribution < 1.29 is 41.2 Å². The SMILES string of the molecule is CC(C)(C)OC(=O)NCCC(=O)NNC(=O)[C@@H]1CC[C@@H]2CN1C(=O)N2OS(=O)(=O)O.c1ccncc1. The molecule has 2 fully saturated rings. The van der Waals surface area contributed by atoms with Crippen LogP contribution in [0.5, 0.6) is 0 Å². The van der Waals surface area contributed by atoms with Crippen LogP contribution in [-0.4, -0.2) is 82.6 Å². The third kappa shape index (κ3) is 9.63. The van der Waals surface area contributed by atoms with Gasteiger partial charge in [0, 0.05) is 31.9 Å². The molecule has 2 aliphatic heterocycles. The highest BCUT2D eigenvalue weighted by Crippen LogP contribution is 2.30. The van der Waals surface area contributed by atoms with Crippen LogP contribution in [0.4, 0.5) is 9.59 Å². The minimum atomic E-state index is -4.88. The van der Waals surface area contributed by atoms with Crippen molar-refractivity contribution in [2.45, 2.75) is 57.7 Å². The molecule has 0 aromatic carbocycles. The van der Waals surface area contributed by atoms with E-state index in [1.54, 1.807) is 33.2 Å². The van der Waals surface area contributed by atoms with Crippen LogP contribution in [0.25, 0.3) is 0 Å². The number of hydrogen-bond acceptors (Lipinski definition) is 9. The fourth-order valence-electron chi connectivity index (χ4n) is 3.29. The Morgan fingerprint density at radius 2 is 1.81 bits per heavy atom. The van der Waals surface area contributed by atoms with E-state index in [1.807, 2.05) is 18.2 Å². The van der Waals surface area contributed by atoms with Crippen LogP contribution in [0.15, 0.2) is 30.6 Å². The summed E-state index contributed by atoms with van der Waals surface area (Å²) < 4.78 is 39.8. The first-order valence-corrected chi connectivity index (χ1v) is 12.3. The minimum Gasteiger partial charge on any atom is -0.444 e. The molecule has 5 amide bonds. The van der Waals surface area contributed by atoms with Gasteiger partial charge in [0.1, 0.15) is 11.6 Å². The number of pyridine rings is 1. The molecule has 1 aromatic rings. The number of carbonyl (C=O) groups is 4. The number of alkyl carbamates (subject to hydrolysis) is 1. The Morgan fingerprint density at radius 1 is 1.14 bits per heavy atom. The summed E-state index contributed by atoms with van der Waals surface area (Å²) in [6.45, 7) is 5.10. The highest BCUT2D eigenvalue weighted by molar-refractivity contribution is 7.80. The lowest BCUT2D eigenvalue weighted by Crippen LogP contribution is -2.54. The summed E-state index contributed by atoms with van der Waals surface area (Å²) >= 11 is 0. The lowest BCUT2D eigenvalue weighted by atomic mass is 10.0. The van der Waals surface area contributed by atoms with E-state index in [0.717, 1.165) is 4.90 Å². The monoisotopic (exact) mass is 530 g/mol. The van der Waals surface area contributed by atoms with E-state index >= 15 is 0 Å². The summed E-state index contributed by atoms with van der Waals surface area (Å²) in [7, 11) is -4.88. The summed E-state index contributed by atoms with van der Waals surface area (Å²) in [6, 6.07) is 3.25. The number of fused-ring (bicyclic) bond motifs is 2. The van der Waals surface area contributed by atoms with E-state index in [0.29, 0.717) is 5.06 Å². The van der Waals surface area contributed by atoms with E-state index in [2.05, 4.69) is 25.4 Å². The van der Waals surface area contributed by atoms with Gasteiger partial charge in [0.05, 0.1) is 6.04 Å². The largest absolute Gasteiger partial charge is 0.444 e. The molecule has 3 rings (SSSR count). The summed E-state index contributed by atoms with van der Waals surface area (Å²) in [5.41, 5.74) is 3.69. The standard InChI is InChI=1S/C15H25N5O9S.C5H5N/c1-15(2,3)28-13(23)16-7-6-11(21)17-18-12(22)10-5-4-9-8-19(10)14(24)20(9)29-30(25,26)27;1-2-4-6-5-3-1/h9-10H,4-8H2,1-3H3,(H,16,23)(H,17,21)(H,18,22)(H,25,26,27);1-5H/t9-,10+;/m1./s1. The van der Waals surface area contributed by atoms with E-state index in [9.17, 15) is 27.6 Å². The van der Waals surface area contributed by atoms with Gasteiger partial charge in [0.2, 0.25) is 5.91 Å².